The fraction of sp³-hybridized carbons (Fsp3) is 0.364. The quantitative estimate of drug-likeness (QED) is 0.596. The molecule has 0 saturated heterocycles. The first-order chi connectivity index (χ1) is 7.17. The van der Waals surface area contributed by atoms with Crippen LogP contribution in [-0.4, -0.2) is 19.6 Å². The summed E-state index contributed by atoms with van der Waals surface area (Å²) in [4.78, 5) is 10.8. The summed E-state index contributed by atoms with van der Waals surface area (Å²) in [5.41, 5.74) is 6.47. The molecule has 2 N–H and O–H groups in total. The molecule has 0 amide bonds. The first-order valence-corrected chi connectivity index (χ1v) is 4.72. The normalized spacial score (nSPS) is 9.80. The molecule has 0 aliphatic heterocycles. The number of hydrogen-bond acceptors (Lipinski definition) is 4. The monoisotopic (exact) mass is 209 g/mol. The number of ether oxygens (including phenoxy) is 2. The molecule has 0 fully saturated rings. The zero-order valence-electron chi connectivity index (χ0n) is 8.95. The van der Waals surface area contributed by atoms with E-state index in [1.54, 1.807) is 12.1 Å². The van der Waals surface area contributed by atoms with Crippen molar-refractivity contribution in [1.82, 2.24) is 0 Å². The van der Waals surface area contributed by atoms with Crippen molar-refractivity contribution in [3.63, 3.8) is 0 Å². The van der Waals surface area contributed by atoms with Gasteiger partial charge in [-0.2, -0.15) is 0 Å². The number of hydrogen-bond donors (Lipinski definition) is 1. The third-order valence-electron chi connectivity index (χ3n) is 1.91. The van der Waals surface area contributed by atoms with E-state index in [1.165, 1.54) is 14.0 Å². The summed E-state index contributed by atoms with van der Waals surface area (Å²) < 4.78 is 10.1. The molecule has 1 rings (SSSR count). The molecule has 4 nitrogen and oxygen atoms in total. The van der Waals surface area contributed by atoms with Crippen LogP contribution in [0.1, 0.15) is 12.5 Å². The summed E-state index contributed by atoms with van der Waals surface area (Å²) >= 11 is 0. The number of methoxy groups -OCH3 is 1. The van der Waals surface area contributed by atoms with Crippen LogP contribution in [0, 0.1) is 0 Å². The van der Waals surface area contributed by atoms with Crippen LogP contribution in [0.25, 0.3) is 0 Å². The van der Waals surface area contributed by atoms with Gasteiger partial charge in [-0.1, -0.05) is 6.07 Å². The summed E-state index contributed by atoms with van der Waals surface area (Å²) in [5, 5.41) is 0. The van der Waals surface area contributed by atoms with E-state index >= 15 is 0 Å². The van der Waals surface area contributed by atoms with Gasteiger partial charge in [0, 0.05) is 6.92 Å². The molecule has 0 aromatic heterocycles. The van der Waals surface area contributed by atoms with E-state index in [9.17, 15) is 4.79 Å². The maximum Gasteiger partial charge on any atom is 0.308 e. The summed E-state index contributed by atoms with van der Waals surface area (Å²) in [5.74, 6) is 0.625. The third kappa shape index (κ3) is 3.25. The van der Waals surface area contributed by atoms with Gasteiger partial charge < -0.3 is 15.2 Å². The highest BCUT2D eigenvalue weighted by atomic mass is 16.6. The summed E-state index contributed by atoms with van der Waals surface area (Å²) in [6.07, 6.45) is 0.748. The van der Waals surface area contributed by atoms with Crippen LogP contribution in [0.4, 0.5) is 0 Å². The molecule has 0 spiro atoms. The van der Waals surface area contributed by atoms with E-state index in [1.807, 2.05) is 6.07 Å². The van der Waals surface area contributed by atoms with Crippen LogP contribution in [-0.2, 0) is 11.2 Å². The number of nitrogens with two attached hydrogens (primary N) is 1. The lowest BCUT2D eigenvalue weighted by atomic mass is 10.1. The zero-order chi connectivity index (χ0) is 11.3. The fourth-order valence-electron chi connectivity index (χ4n) is 1.28. The highest BCUT2D eigenvalue weighted by Crippen LogP contribution is 2.28. The average Bonchev–Trinajstić information content (AvgIpc) is 2.18. The van der Waals surface area contributed by atoms with Crippen molar-refractivity contribution in [3.8, 4) is 11.5 Å². The average molecular weight is 209 g/mol. The van der Waals surface area contributed by atoms with Crippen molar-refractivity contribution in [2.45, 2.75) is 13.3 Å². The Kier molecular flexibility index (Phi) is 4.12. The van der Waals surface area contributed by atoms with E-state index < -0.39 is 0 Å². The minimum Gasteiger partial charge on any atom is -0.493 e. The maximum absolute atomic E-state index is 10.8. The fourth-order valence-corrected chi connectivity index (χ4v) is 1.28. The Hall–Kier alpha value is -1.55. The standard InChI is InChI=1S/C11H15NO3/c1-8(13)15-11-7-9(5-6-12)3-4-10(11)14-2/h3-4,7H,5-6,12H2,1-2H3. The number of rotatable bonds is 4. The van der Waals surface area contributed by atoms with Crippen molar-refractivity contribution in [1.29, 1.82) is 0 Å². The minimum atomic E-state index is -0.363. The molecule has 0 aliphatic rings. The molecule has 1 aromatic rings. The Morgan fingerprint density at radius 2 is 2.13 bits per heavy atom. The van der Waals surface area contributed by atoms with Crippen LogP contribution >= 0.6 is 0 Å². The van der Waals surface area contributed by atoms with Crippen LogP contribution in [0.15, 0.2) is 18.2 Å². The first-order valence-electron chi connectivity index (χ1n) is 4.72. The van der Waals surface area contributed by atoms with E-state index in [0.29, 0.717) is 18.0 Å². The lowest BCUT2D eigenvalue weighted by Crippen LogP contribution is -2.06. The van der Waals surface area contributed by atoms with Crippen molar-refractivity contribution >= 4 is 5.97 Å². The second-order valence-corrected chi connectivity index (χ2v) is 3.12. The largest absolute Gasteiger partial charge is 0.493 e. The SMILES string of the molecule is COc1ccc(CCN)cc1OC(C)=O. The van der Waals surface area contributed by atoms with Gasteiger partial charge in [-0.3, -0.25) is 4.79 Å². The van der Waals surface area contributed by atoms with Gasteiger partial charge in [0.05, 0.1) is 7.11 Å². The van der Waals surface area contributed by atoms with Crippen LogP contribution in [0.3, 0.4) is 0 Å². The Balaban J connectivity index is 2.96. The molecule has 0 bridgehead atoms. The Bertz CT molecular complexity index is 350. The lowest BCUT2D eigenvalue weighted by Gasteiger charge is -2.09. The Labute approximate surface area is 89.0 Å². The molecule has 4 heteroatoms. The van der Waals surface area contributed by atoms with Gasteiger partial charge in [0.1, 0.15) is 0 Å². The Morgan fingerprint density at radius 1 is 1.40 bits per heavy atom. The molecule has 0 unspecified atom stereocenters. The molecule has 82 valence electrons. The first kappa shape index (κ1) is 11.5. The van der Waals surface area contributed by atoms with Crippen molar-refractivity contribution in [2.75, 3.05) is 13.7 Å². The topological polar surface area (TPSA) is 61.6 Å². The second kappa shape index (κ2) is 5.36. The third-order valence-corrected chi connectivity index (χ3v) is 1.91. The molecule has 0 radical (unpaired) electrons. The highest BCUT2D eigenvalue weighted by Gasteiger charge is 2.07. The predicted molar refractivity (Wildman–Crippen MR) is 57.1 cm³/mol. The van der Waals surface area contributed by atoms with Gasteiger partial charge in [0.15, 0.2) is 11.5 Å². The molecular weight excluding hydrogens is 194 g/mol. The van der Waals surface area contributed by atoms with Gasteiger partial charge in [0.2, 0.25) is 0 Å². The van der Waals surface area contributed by atoms with Gasteiger partial charge in [-0.05, 0) is 30.7 Å². The van der Waals surface area contributed by atoms with Crippen molar-refractivity contribution in [2.24, 2.45) is 5.73 Å². The summed E-state index contributed by atoms with van der Waals surface area (Å²) in [7, 11) is 1.53. The highest BCUT2D eigenvalue weighted by molar-refractivity contribution is 5.70. The lowest BCUT2D eigenvalue weighted by molar-refractivity contribution is -0.132. The van der Waals surface area contributed by atoms with E-state index in [-0.39, 0.29) is 5.97 Å². The Morgan fingerprint density at radius 3 is 2.67 bits per heavy atom. The molecule has 15 heavy (non-hydrogen) atoms. The van der Waals surface area contributed by atoms with Gasteiger partial charge in [0.25, 0.3) is 0 Å². The molecule has 0 heterocycles. The predicted octanol–water partition coefficient (Wildman–Crippen LogP) is 1.12. The van der Waals surface area contributed by atoms with Crippen LogP contribution < -0.4 is 15.2 Å². The molecule has 0 saturated carbocycles. The number of esters is 1. The van der Waals surface area contributed by atoms with E-state index in [4.69, 9.17) is 15.2 Å². The smallest absolute Gasteiger partial charge is 0.308 e. The van der Waals surface area contributed by atoms with Gasteiger partial charge in [-0.25, -0.2) is 0 Å². The van der Waals surface area contributed by atoms with E-state index in [2.05, 4.69) is 0 Å². The maximum atomic E-state index is 10.8. The van der Waals surface area contributed by atoms with Gasteiger partial charge in [-0.15, -0.1) is 0 Å². The molecule has 0 atom stereocenters. The van der Waals surface area contributed by atoms with Crippen molar-refractivity contribution in [3.05, 3.63) is 23.8 Å². The molecule has 1 aromatic carbocycles. The zero-order valence-corrected chi connectivity index (χ0v) is 8.95. The van der Waals surface area contributed by atoms with Crippen molar-refractivity contribution < 1.29 is 14.3 Å². The second-order valence-electron chi connectivity index (χ2n) is 3.12. The summed E-state index contributed by atoms with van der Waals surface area (Å²) in [6, 6.07) is 5.44. The molecular formula is C11H15NO3. The minimum absolute atomic E-state index is 0.363. The van der Waals surface area contributed by atoms with Gasteiger partial charge >= 0.3 is 5.97 Å². The van der Waals surface area contributed by atoms with Crippen LogP contribution in [0.2, 0.25) is 0 Å². The summed E-state index contributed by atoms with van der Waals surface area (Å²) in [6.45, 7) is 1.92. The van der Waals surface area contributed by atoms with Crippen LogP contribution in [0.5, 0.6) is 11.5 Å². The molecule has 0 aliphatic carbocycles. The number of carbonyl (C=O) groups is 1. The van der Waals surface area contributed by atoms with E-state index in [0.717, 1.165) is 12.0 Å². The number of benzene rings is 1. The number of carbonyl (C=O) groups excluding carboxylic acids is 1.